The zero-order chi connectivity index (χ0) is 14.7. The normalized spacial score (nSPS) is 14.2. The SMILES string of the molecule is CC(NCc1ccccc1CO)c1ccc2c(c1)OCO2. The first-order valence-corrected chi connectivity index (χ1v) is 7.08. The predicted octanol–water partition coefficient (Wildman–Crippen LogP) is 2.76. The van der Waals surface area contributed by atoms with Crippen molar-refractivity contribution in [1.82, 2.24) is 5.32 Å². The molecule has 0 aliphatic carbocycles. The van der Waals surface area contributed by atoms with Crippen molar-refractivity contribution in [3.63, 3.8) is 0 Å². The van der Waals surface area contributed by atoms with Gasteiger partial charge in [-0.1, -0.05) is 30.3 Å². The Hall–Kier alpha value is -2.04. The van der Waals surface area contributed by atoms with E-state index in [-0.39, 0.29) is 12.6 Å². The Morgan fingerprint density at radius 3 is 2.67 bits per heavy atom. The molecular weight excluding hydrogens is 266 g/mol. The average molecular weight is 285 g/mol. The maximum atomic E-state index is 9.35. The van der Waals surface area contributed by atoms with E-state index >= 15 is 0 Å². The van der Waals surface area contributed by atoms with E-state index in [9.17, 15) is 5.11 Å². The van der Waals surface area contributed by atoms with E-state index in [1.54, 1.807) is 0 Å². The lowest BCUT2D eigenvalue weighted by molar-refractivity contribution is 0.174. The van der Waals surface area contributed by atoms with Crippen molar-refractivity contribution >= 4 is 0 Å². The second-order valence-electron chi connectivity index (χ2n) is 5.14. The molecule has 2 N–H and O–H groups in total. The molecule has 1 aliphatic rings. The maximum Gasteiger partial charge on any atom is 0.231 e. The molecule has 0 amide bonds. The van der Waals surface area contributed by atoms with Crippen LogP contribution in [0.2, 0.25) is 0 Å². The second-order valence-corrected chi connectivity index (χ2v) is 5.14. The Morgan fingerprint density at radius 1 is 1.10 bits per heavy atom. The van der Waals surface area contributed by atoms with Crippen molar-refractivity contribution in [2.24, 2.45) is 0 Å². The first-order valence-electron chi connectivity index (χ1n) is 7.08. The standard InChI is InChI=1S/C17H19NO3/c1-12(13-6-7-16-17(8-13)21-11-20-16)18-9-14-4-2-3-5-15(14)10-19/h2-8,12,18-19H,9-11H2,1H3. The van der Waals surface area contributed by atoms with Gasteiger partial charge in [0.15, 0.2) is 11.5 Å². The Balaban J connectivity index is 1.67. The summed E-state index contributed by atoms with van der Waals surface area (Å²) in [5.41, 5.74) is 3.23. The number of hydrogen-bond acceptors (Lipinski definition) is 4. The molecular formula is C17H19NO3. The van der Waals surface area contributed by atoms with Crippen LogP contribution in [0.15, 0.2) is 42.5 Å². The van der Waals surface area contributed by atoms with Crippen LogP contribution in [0.4, 0.5) is 0 Å². The molecule has 2 aromatic rings. The third kappa shape index (κ3) is 3.01. The molecule has 0 radical (unpaired) electrons. The number of aliphatic hydroxyl groups is 1. The van der Waals surface area contributed by atoms with Gasteiger partial charge in [0.2, 0.25) is 6.79 Å². The minimum atomic E-state index is 0.0657. The van der Waals surface area contributed by atoms with Crippen LogP contribution >= 0.6 is 0 Å². The second kappa shape index (κ2) is 6.16. The third-order valence-electron chi connectivity index (χ3n) is 3.78. The van der Waals surface area contributed by atoms with Gasteiger partial charge in [0.1, 0.15) is 0 Å². The summed E-state index contributed by atoms with van der Waals surface area (Å²) in [6.45, 7) is 3.19. The van der Waals surface area contributed by atoms with Gasteiger partial charge in [-0.25, -0.2) is 0 Å². The Labute approximate surface area is 124 Å². The summed E-state index contributed by atoms with van der Waals surface area (Å²) in [7, 11) is 0. The van der Waals surface area contributed by atoms with Crippen LogP contribution in [0.1, 0.15) is 29.7 Å². The molecule has 0 spiro atoms. The van der Waals surface area contributed by atoms with Crippen molar-refractivity contribution in [2.45, 2.75) is 26.1 Å². The van der Waals surface area contributed by atoms with Gasteiger partial charge in [-0.3, -0.25) is 0 Å². The minimum Gasteiger partial charge on any atom is -0.454 e. The summed E-state index contributed by atoms with van der Waals surface area (Å²) in [4.78, 5) is 0. The molecule has 0 aromatic heterocycles. The lowest BCUT2D eigenvalue weighted by Crippen LogP contribution is -2.19. The molecule has 0 saturated heterocycles. The molecule has 2 aromatic carbocycles. The number of benzene rings is 2. The highest BCUT2D eigenvalue weighted by molar-refractivity contribution is 5.45. The Morgan fingerprint density at radius 2 is 1.86 bits per heavy atom. The monoisotopic (exact) mass is 285 g/mol. The summed E-state index contributed by atoms with van der Waals surface area (Å²) < 4.78 is 10.7. The number of aliphatic hydroxyl groups excluding tert-OH is 1. The maximum absolute atomic E-state index is 9.35. The van der Waals surface area contributed by atoms with Gasteiger partial charge in [-0.2, -0.15) is 0 Å². The van der Waals surface area contributed by atoms with Crippen molar-refractivity contribution in [3.05, 3.63) is 59.2 Å². The molecule has 4 heteroatoms. The molecule has 0 bridgehead atoms. The fourth-order valence-corrected chi connectivity index (χ4v) is 2.45. The molecule has 1 aliphatic heterocycles. The molecule has 3 rings (SSSR count). The van der Waals surface area contributed by atoms with E-state index in [1.807, 2.05) is 42.5 Å². The topological polar surface area (TPSA) is 50.7 Å². The van der Waals surface area contributed by atoms with Crippen LogP contribution in [-0.4, -0.2) is 11.9 Å². The van der Waals surface area contributed by atoms with Crippen LogP contribution < -0.4 is 14.8 Å². The summed E-state index contributed by atoms with van der Waals surface area (Å²) in [6, 6.07) is 14.1. The highest BCUT2D eigenvalue weighted by Crippen LogP contribution is 2.34. The number of rotatable bonds is 5. The first-order chi connectivity index (χ1) is 10.3. The molecule has 1 unspecified atom stereocenters. The van der Waals surface area contributed by atoms with E-state index in [0.717, 1.165) is 28.2 Å². The largest absolute Gasteiger partial charge is 0.454 e. The van der Waals surface area contributed by atoms with Gasteiger partial charge in [-0.15, -0.1) is 0 Å². The van der Waals surface area contributed by atoms with Crippen molar-refractivity contribution < 1.29 is 14.6 Å². The fraction of sp³-hybridized carbons (Fsp3) is 0.294. The fourth-order valence-electron chi connectivity index (χ4n) is 2.45. The summed E-state index contributed by atoms with van der Waals surface area (Å²) >= 11 is 0. The van der Waals surface area contributed by atoms with E-state index in [1.165, 1.54) is 0 Å². The molecule has 0 fully saturated rings. The van der Waals surface area contributed by atoms with E-state index < -0.39 is 0 Å². The minimum absolute atomic E-state index is 0.0657. The van der Waals surface area contributed by atoms with Gasteiger partial charge in [0, 0.05) is 12.6 Å². The molecule has 1 atom stereocenters. The van der Waals surface area contributed by atoms with Gasteiger partial charge < -0.3 is 19.9 Å². The molecule has 110 valence electrons. The summed E-state index contributed by atoms with van der Waals surface area (Å²) in [5, 5.41) is 12.8. The van der Waals surface area contributed by atoms with Crippen LogP contribution in [0.5, 0.6) is 11.5 Å². The van der Waals surface area contributed by atoms with Crippen LogP contribution in [0, 0.1) is 0 Å². The zero-order valence-corrected chi connectivity index (χ0v) is 12.0. The van der Waals surface area contributed by atoms with E-state index in [0.29, 0.717) is 13.3 Å². The number of nitrogens with one attached hydrogen (secondary N) is 1. The number of fused-ring (bicyclic) bond motifs is 1. The van der Waals surface area contributed by atoms with Crippen LogP contribution in [-0.2, 0) is 13.2 Å². The predicted molar refractivity (Wildman–Crippen MR) is 80.2 cm³/mol. The lowest BCUT2D eigenvalue weighted by Gasteiger charge is -2.16. The smallest absolute Gasteiger partial charge is 0.231 e. The molecule has 0 saturated carbocycles. The van der Waals surface area contributed by atoms with Gasteiger partial charge in [0.05, 0.1) is 6.61 Å². The molecule has 21 heavy (non-hydrogen) atoms. The Bertz CT molecular complexity index is 627. The van der Waals surface area contributed by atoms with Gasteiger partial charge in [-0.05, 0) is 35.7 Å². The van der Waals surface area contributed by atoms with Crippen LogP contribution in [0.25, 0.3) is 0 Å². The summed E-state index contributed by atoms with van der Waals surface area (Å²) in [5.74, 6) is 1.61. The zero-order valence-electron chi connectivity index (χ0n) is 12.0. The number of hydrogen-bond donors (Lipinski definition) is 2. The highest BCUT2D eigenvalue weighted by Gasteiger charge is 2.15. The molecule has 1 heterocycles. The summed E-state index contributed by atoms with van der Waals surface area (Å²) in [6.07, 6.45) is 0. The Kier molecular flexibility index (Phi) is 4.08. The van der Waals surface area contributed by atoms with Crippen LogP contribution in [0.3, 0.4) is 0 Å². The van der Waals surface area contributed by atoms with Crippen molar-refractivity contribution in [1.29, 1.82) is 0 Å². The quantitative estimate of drug-likeness (QED) is 0.887. The lowest BCUT2D eigenvalue weighted by atomic mass is 10.1. The average Bonchev–Trinajstić information content (AvgIpc) is 3.00. The highest BCUT2D eigenvalue weighted by atomic mass is 16.7. The van der Waals surface area contributed by atoms with E-state index in [2.05, 4.69) is 12.2 Å². The van der Waals surface area contributed by atoms with Gasteiger partial charge in [0.25, 0.3) is 0 Å². The van der Waals surface area contributed by atoms with Crippen molar-refractivity contribution in [3.8, 4) is 11.5 Å². The van der Waals surface area contributed by atoms with Gasteiger partial charge >= 0.3 is 0 Å². The molecule has 4 nitrogen and oxygen atoms in total. The van der Waals surface area contributed by atoms with E-state index in [4.69, 9.17) is 9.47 Å². The third-order valence-corrected chi connectivity index (χ3v) is 3.78. The first kappa shape index (κ1) is 13.9. The number of ether oxygens (including phenoxy) is 2. The van der Waals surface area contributed by atoms with Crippen molar-refractivity contribution in [2.75, 3.05) is 6.79 Å².